The molecule has 0 unspecified atom stereocenters. The quantitative estimate of drug-likeness (QED) is 0.515. The maximum atomic E-state index is 13.3. The lowest BCUT2D eigenvalue weighted by atomic mass is 9.95. The molecule has 2 heterocycles. The number of amides is 1. The Kier molecular flexibility index (Phi) is 6.53. The number of hydrogen-bond donors (Lipinski definition) is 1. The van der Waals surface area contributed by atoms with Gasteiger partial charge in [-0.3, -0.25) is 9.48 Å². The van der Waals surface area contributed by atoms with Gasteiger partial charge in [0, 0.05) is 10.8 Å². The van der Waals surface area contributed by atoms with Crippen molar-refractivity contribution in [2.45, 2.75) is 70.5 Å². The van der Waals surface area contributed by atoms with E-state index in [1.807, 2.05) is 6.92 Å². The second-order valence-corrected chi connectivity index (χ2v) is 9.56. The number of nitrogens with one attached hydrogen (secondary N) is 1. The molecule has 2 aromatic heterocycles. The zero-order chi connectivity index (χ0) is 23.0. The van der Waals surface area contributed by atoms with Crippen molar-refractivity contribution < 1.29 is 27.5 Å². The van der Waals surface area contributed by atoms with Crippen molar-refractivity contribution in [2.24, 2.45) is 0 Å². The number of aryl methyl sites for hydroxylation is 1. The third kappa shape index (κ3) is 4.66. The van der Waals surface area contributed by atoms with Crippen LogP contribution in [0.4, 0.5) is 18.2 Å². The Morgan fingerprint density at radius 1 is 1.28 bits per heavy atom. The smallest absolute Gasteiger partial charge is 0.436 e. The van der Waals surface area contributed by atoms with Gasteiger partial charge < -0.3 is 10.1 Å². The topological polar surface area (TPSA) is 73.2 Å². The molecular weight excluding hydrogens is 467 g/mol. The van der Waals surface area contributed by atoms with Gasteiger partial charge in [-0.25, -0.2) is 4.79 Å². The molecule has 11 heteroatoms. The fourth-order valence-electron chi connectivity index (χ4n) is 3.94. The van der Waals surface area contributed by atoms with Gasteiger partial charge >= 0.3 is 12.1 Å². The summed E-state index contributed by atoms with van der Waals surface area (Å²) >= 11 is 7.31. The Hall–Kier alpha value is -2.07. The molecule has 0 aromatic carbocycles. The maximum Gasteiger partial charge on any atom is 0.436 e. The highest BCUT2D eigenvalue weighted by atomic mass is 35.5. The average molecular weight is 490 g/mol. The molecule has 1 amide bonds. The number of alkyl halides is 3. The van der Waals surface area contributed by atoms with E-state index in [1.54, 1.807) is 0 Å². The van der Waals surface area contributed by atoms with Crippen molar-refractivity contribution in [3.8, 4) is 0 Å². The Bertz CT molecular complexity index is 1040. The van der Waals surface area contributed by atoms with Gasteiger partial charge in [0.15, 0.2) is 5.69 Å². The number of ether oxygens (including phenoxy) is 1. The molecule has 32 heavy (non-hydrogen) atoms. The predicted octanol–water partition coefficient (Wildman–Crippen LogP) is 5.58. The van der Waals surface area contributed by atoms with E-state index >= 15 is 0 Å². The minimum absolute atomic E-state index is 0.132. The van der Waals surface area contributed by atoms with Crippen LogP contribution in [0.1, 0.15) is 77.1 Å². The summed E-state index contributed by atoms with van der Waals surface area (Å²) in [6.07, 6.45) is 0.873. The van der Waals surface area contributed by atoms with Crippen molar-refractivity contribution in [3.05, 3.63) is 32.4 Å². The van der Waals surface area contributed by atoms with Crippen molar-refractivity contribution in [1.82, 2.24) is 9.78 Å². The van der Waals surface area contributed by atoms with Crippen LogP contribution in [0.3, 0.4) is 0 Å². The van der Waals surface area contributed by atoms with Crippen LogP contribution in [0, 0.1) is 0 Å². The van der Waals surface area contributed by atoms with E-state index in [2.05, 4.69) is 10.4 Å². The van der Waals surface area contributed by atoms with Gasteiger partial charge in [-0.05, 0) is 50.5 Å². The van der Waals surface area contributed by atoms with Crippen LogP contribution in [0.15, 0.2) is 0 Å². The van der Waals surface area contributed by atoms with Crippen LogP contribution in [0.2, 0.25) is 5.02 Å². The Labute approximate surface area is 192 Å². The minimum atomic E-state index is -4.70. The maximum absolute atomic E-state index is 13.3. The normalized spacial score (nSPS) is 16.0. The summed E-state index contributed by atoms with van der Waals surface area (Å²) in [7, 11) is 0. The molecule has 2 aliphatic carbocycles. The Morgan fingerprint density at radius 3 is 2.66 bits per heavy atom. The van der Waals surface area contributed by atoms with Crippen LogP contribution < -0.4 is 5.32 Å². The van der Waals surface area contributed by atoms with Gasteiger partial charge in [0.1, 0.15) is 11.5 Å². The van der Waals surface area contributed by atoms with Crippen LogP contribution in [-0.4, -0.2) is 28.3 Å². The van der Waals surface area contributed by atoms with Gasteiger partial charge in [0.05, 0.1) is 22.9 Å². The van der Waals surface area contributed by atoms with Gasteiger partial charge in [0.25, 0.3) is 0 Å². The first-order valence-corrected chi connectivity index (χ1v) is 11.8. The number of carbonyl (C=O) groups is 2. The van der Waals surface area contributed by atoms with E-state index in [4.69, 9.17) is 16.3 Å². The lowest BCUT2D eigenvalue weighted by molar-refractivity contribution is -0.141. The SMILES string of the molecule is CCCOC(=O)c1c(NC(=O)Cn2nc(C(F)(F)F)c(Cl)c2C2CC2)sc2c1CCCC2. The first-order chi connectivity index (χ1) is 15.2. The molecular formula is C21H23ClF3N3O3S. The standard InChI is InChI=1S/C21H23ClF3N3O3S/c1-2-9-31-20(30)15-12-5-3-4-6-13(12)32-19(15)26-14(29)10-28-17(11-7-8-11)16(22)18(27-28)21(23,24)25/h11H,2-10H2,1H3,(H,26,29). The zero-order valence-electron chi connectivity index (χ0n) is 17.5. The van der Waals surface area contributed by atoms with Crippen LogP contribution in [0.25, 0.3) is 0 Å². The summed E-state index contributed by atoms with van der Waals surface area (Å²) in [4.78, 5) is 26.5. The summed E-state index contributed by atoms with van der Waals surface area (Å²) < 4.78 is 46.2. The molecule has 2 aromatic rings. The van der Waals surface area contributed by atoms with Crippen LogP contribution in [-0.2, 0) is 35.1 Å². The fraction of sp³-hybridized carbons (Fsp3) is 0.571. The largest absolute Gasteiger partial charge is 0.462 e. The first-order valence-electron chi connectivity index (χ1n) is 10.7. The lowest BCUT2D eigenvalue weighted by Crippen LogP contribution is -2.22. The molecule has 4 rings (SSSR count). The number of fused-ring (bicyclic) bond motifs is 1. The summed E-state index contributed by atoms with van der Waals surface area (Å²) in [6, 6.07) is 0. The number of carbonyl (C=O) groups excluding carboxylic acids is 2. The van der Waals surface area contributed by atoms with Gasteiger partial charge in [0.2, 0.25) is 5.91 Å². The molecule has 0 spiro atoms. The van der Waals surface area contributed by atoms with E-state index in [1.165, 1.54) is 11.3 Å². The number of rotatable bonds is 7. The van der Waals surface area contributed by atoms with Crippen molar-refractivity contribution >= 4 is 39.8 Å². The second kappa shape index (κ2) is 9.05. The van der Waals surface area contributed by atoms with Crippen molar-refractivity contribution in [3.63, 3.8) is 0 Å². The monoisotopic (exact) mass is 489 g/mol. The molecule has 1 saturated carbocycles. The van der Waals surface area contributed by atoms with E-state index in [0.717, 1.165) is 40.8 Å². The molecule has 0 atom stereocenters. The number of hydrogen-bond acceptors (Lipinski definition) is 5. The average Bonchev–Trinajstić information content (AvgIpc) is 3.41. The molecule has 1 fully saturated rings. The molecule has 0 bridgehead atoms. The number of halogens is 4. The van der Waals surface area contributed by atoms with Crippen LogP contribution >= 0.6 is 22.9 Å². The summed E-state index contributed by atoms with van der Waals surface area (Å²) in [5.41, 5.74) is 0.327. The van der Waals surface area contributed by atoms with Gasteiger partial charge in [-0.15, -0.1) is 11.3 Å². The molecule has 6 nitrogen and oxygen atoms in total. The summed E-state index contributed by atoms with van der Waals surface area (Å²) in [5.74, 6) is -1.18. The number of nitrogens with zero attached hydrogens (tertiary/aromatic N) is 2. The third-order valence-electron chi connectivity index (χ3n) is 5.52. The minimum Gasteiger partial charge on any atom is -0.462 e. The van der Waals surface area contributed by atoms with E-state index in [9.17, 15) is 22.8 Å². The number of anilines is 1. The van der Waals surface area contributed by atoms with Gasteiger partial charge in [-0.2, -0.15) is 18.3 Å². The highest BCUT2D eigenvalue weighted by Crippen LogP contribution is 2.47. The third-order valence-corrected chi connectivity index (χ3v) is 7.10. The predicted molar refractivity (Wildman–Crippen MR) is 114 cm³/mol. The summed E-state index contributed by atoms with van der Waals surface area (Å²) in [5, 5.41) is 6.26. The van der Waals surface area contributed by atoms with E-state index in [0.29, 0.717) is 29.8 Å². The molecule has 1 N–H and O–H groups in total. The lowest BCUT2D eigenvalue weighted by Gasteiger charge is -2.13. The van der Waals surface area contributed by atoms with Crippen LogP contribution in [0.5, 0.6) is 0 Å². The Balaban J connectivity index is 1.59. The first kappa shape index (κ1) is 23.1. The highest BCUT2D eigenvalue weighted by Gasteiger charge is 2.42. The number of thiophene rings is 1. The number of aromatic nitrogens is 2. The summed E-state index contributed by atoms with van der Waals surface area (Å²) in [6.45, 7) is 1.74. The highest BCUT2D eigenvalue weighted by molar-refractivity contribution is 7.17. The second-order valence-electron chi connectivity index (χ2n) is 8.08. The van der Waals surface area contributed by atoms with E-state index in [-0.39, 0.29) is 18.2 Å². The molecule has 0 saturated heterocycles. The van der Waals surface area contributed by atoms with Crippen molar-refractivity contribution in [1.29, 1.82) is 0 Å². The molecule has 174 valence electrons. The Morgan fingerprint density at radius 2 is 2.00 bits per heavy atom. The van der Waals surface area contributed by atoms with Crippen molar-refractivity contribution in [2.75, 3.05) is 11.9 Å². The van der Waals surface area contributed by atoms with Gasteiger partial charge in [-0.1, -0.05) is 18.5 Å². The van der Waals surface area contributed by atoms with E-state index < -0.39 is 35.3 Å². The fourth-order valence-corrected chi connectivity index (χ4v) is 5.63. The molecule has 0 radical (unpaired) electrons. The molecule has 0 aliphatic heterocycles. The number of esters is 1. The zero-order valence-corrected chi connectivity index (χ0v) is 19.1. The molecule has 2 aliphatic rings.